The number of ether oxygens (including phenoxy) is 2. The van der Waals surface area contributed by atoms with Crippen LogP contribution in [0.2, 0.25) is 0 Å². The molecule has 0 amide bonds. The van der Waals surface area contributed by atoms with E-state index in [4.69, 9.17) is 9.47 Å². The van der Waals surface area contributed by atoms with Crippen molar-refractivity contribution in [3.05, 3.63) is 59.2 Å². The van der Waals surface area contributed by atoms with Gasteiger partial charge >= 0.3 is 0 Å². The highest BCUT2D eigenvalue weighted by Gasteiger charge is 2.37. The number of rotatable bonds is 2. The number of fused-ring (bicyclic) bond motifs is 2. The van der Waals surface area contributed by atoms with Gasteiger partial charge in [-0.05, 0) is 49.2 Å². The lowest BCUT2D eigenvalue weighted by molar-refractivity contribution is -0.0390. The maximum atomic E-state index is 13.7. The first-order valence-corrected chi connectivity index (χ1v) is 9.98. The Bertz CT molecular complexity index is 804. The molecule has 2 aromatic carbocycles. The highest BCUT2D eigenvalue weighted by atomic mass is 19.1. The third-order valence-corrected chi connectivity index (χ3v) is 6.20. The van der Waals surface area contributed by atoms with Crippen LogP contribution in [0.15, 0.2) is 36.4 Å². The molecule has 2 atom stereocenters. The molecule has 2 unspecified atom stereocenters. The van der Waals surface area contributed by atoms with Gasteiger partial charge in [-0.25, -0.2) is 8.78 Å². The van der Waals surface area contributed by atoms with Gasteiger partial charge in [0.15, 0.2) is 0 Å². The number of nitrogens with zero attached hydrogens (tertiary/aromatic N) is 2. The zero-order valence-corrected chi connectivity index (χ0v) is 15.7. The number of halogens is 2. The first kappa shape index (κ1) is 17.9. The molecule has 1 aliphatic carbocycles. The lowest BCUT2D eigenvalue weighted by Gasteiger charge is -2.47. The third-order valence-electron chi connectivity index (χ3n) is 6.20. The lowest BCUT2D eigenvalue weighted by atomic mass is 9.87. The number of benzene rings is 2. The predicted octanol–water partition coefficient (Wildman–Crippen LogP) is 4.28. The van der Waals surface area contributed by atoms with E-state index < -0.39 is 0 Å². The quantitative estimate of drug-likeness (QED) is 0.769. The predicted molar refractivity (Wildman–Crippen MR) is 101 cm³/mol. The van der Waals surface area contributed by atoms with E-state index in [0.717, 1.165) is 35.5 Å². The maximum Gasteiger partial charge on any atom is 0.142 e. The van der Waals surface area contributed by atoms with E-state index in [1.807, 2.05) is 0 Å². The molecule has 5 rings (SSSR count). The number of hydrogen-bond acceptors (Lipinski definition) is 4. The average Bonchev–Trinajstić information content (AvgIpc) is 2.72. The van der Waals surface area contributed by atoms with E-state index in [-0.39, 0.29) is 11.6 Å². The van der Waals surface area contributed by atoms with Gasteiger partial charge in [0.2, 0.25) is 0 Å². The van der Waals surface area contributed by atoms with Crippen molar-refractivity contribution in [3.8, 4) is 11.5 Å². The van der Waals surface area contributed by atoms with Crippen molar-refractivity contribution in [1.29, 1.82) is 0 Å². The molecule has 1 fully saturated rings. The van der Waals surface area contributed by atoms with E-state index in [0.29, 0.717) is 38.6 Å². The van der Waals surface area contributed by atoms with Gasteiger partial charge in [0.1, 0.15) is 36.6 Å². The molecule has 0 spiro atoms. The molecule has 1 saturated carbocycles. The Morgan fingerprint density at radius 1 is 0.714 bits per heavy atom. The van der Waals surface area contributed by atoms with Gasteiger partial charge in [0.25, 0.3) is 0 Å². The second kappa shape index (κ2) is 7.33. The summed E-state index contributed by atoms with van der Waals surface area (Å²) in [6.07, 6.45) is 4.50. The van der Waals surface area contributed by atoms with E-state index >= 15 is 0 Å². The van der Waals surface area contributed by atoms with Gasteiger partial charge in [-0.1, -0.05) is 12.8 Å². The van der Waals surface area contributed by atoms with Gasteiger partial charge in [-0.3, -0.25) is 9.80 Å². The van der Waals surface area contributed by atoms with Crippen LogP contribution in [0.3, 0.4) is 0 Å². The van der Waals surface area contributed by atoms with Crippen LogP contribution in [0.1, 0.15) is 36.8 Å². The van der Waals surface area contributed by atoms with E-state index in [1.165, 1.54) is 25.0 Å². The van der Waals surface area contributed by atoms with Gasteiger partial charge in [0.05, 0.1) is 0 Å². The largest absolute Gasteiger partial charge is 0.478 e. The summed E-state index contributed by atoms with van der Waals surface area (Å²) in [5.41, 5.74) is 1.80. The molecule has 2 heterocycles. The molecule has 4 nitrogen and oxygen atoms in total. The summed E-state index contributed by atoms with van der Waals surface area (Å²) < 4.78 is 39.2. The van der Waals surface area contributed by atoms with Crippen molar-refractivity contribution >= 4 is 0 Å². The van der Waals surface area contributed by atoms with Gasteiger partial charge < -0.3 is 9.47 Å². The van der Waals surface area contributed by atoms with Crippen LogP contribution in [-0.4, -0.2) is 35.3 Å². The second-order valence-corrected chi connectivity index (χ2v) is 7.96. The molecule has 28 heavy (non-hydrogen) atoms. The monoisotopic (exact) mass is 386 g/mol. The fourth-order valence-electron chi connectivity index (χ4n) is 4.83. The van der Waals surface area contributed by atoms with Crippen LogP contribution in [0.25, 0.3) is 0 Å². The Morgan fingerprint density at radius 3 is 1.64 bits per heavy atom. The van der Waals surface area contributed by atoms with E-state index in [2.05, 4.69) is 9.80 Å². The SMILES string of the molecule is Fc1ccc2c(c1)CN(C1CCCCC1N1COc3ccc(F)cc3C1)CO2. The fraction of sp³-hybridized carbons (Fsp3) is 0.455. The van der Waals surface area contributed by atoms with Crippen LogP contribution in [0, 0.1) is 11.6 Å². The topological polar surface area (TPSA) is 24.9 Å². The molecular formula is C22H24F2N2O2. The molecule has 0 radical (unpaired) electrons. The molecular weight excluding hydrogens is 362 g/mol. The van der Waals surface area contributed by atoms with Crippen molar-refractivity contribution in [1.82, 2.24) is 9.80 Å². The Labute approximate surface area is 163 Å². The normalized spacial score (nSPS) is 25.4. The van der Waals surface area contributed by atoms with Crippen molar-refractivity contribution in [2.75, 3.05) is 13.5 Å². The lowest BCUT2D eigenvalue weighted by Crippen LogP contribution is -2.55. The van der Waals surface area contributed by atoms with Gasteiger partial charge in [-0.2, -0.15) is 0 Å². The summed E-state index contributed by atoms with van der Waals surface area (Å²) in [6, 6.07) is 10.1. The minimum Gasteiger partial charge on any atom is -0.478 e. The van der Waals surface area contributed by atoms with Crippen molar-refractivity contribution in [2.45, 2.75) is 50.9 Å². The summed E-state index contributed by atoms with van der Waals surface area (Å²) in [4.78, 5) is 4.62. The Morgan fingerprint density at radius 2 is 1.18 bits per heavy atom. The van der Waals surface area contributed by atoms with Crippen LogP contribution >= 0.6 is 0 Å². The Kier molecular flexibility index (Phi) is 4.69. The van der Waals surface area contributed by atoms with Crippen molar-refractivity contribution in [3.63, 3.8) is 0 Å². The molecule has 2 aromatic rings. The maximum absolute atomic E-state index is 13.7. The van der Waals surface area contributed by atoms with E-state index in [9.17, 15) is 8.78 Å². The fourth-order valence-corrected chi connectivity index (χ4v) is 4.83. The zero-order chi connectivity index (χ0) is 19.1. The molecule has 2 aliphatic heterocycles. The summed E-state index contributed by atoms with van der Waals surface area (Å²) in [5.74, 6) is 1.09. The van der Waals surface area contributed by atoms with Gasteiger partial charge in [-0.15, -0.1) is 0 Å². The first-order valence-electron chi connectivity index (χ1n) is 9.98. The molecule has 6 heteroatoms. The molecule has 0 N–H and O–H groups in total. The highest BCUT2D eigenvalue weighted by Crippen LogP contribution is 2.35. The Hall–Kier alpha value is -2.18. The molecule has 148 valence electrons. The molecule has 0 bridgehead atoms. The first-order chi connectivity index (χ1) is 13.7. The molecule has 0 aromatic heterocycles. The minimum absolute atomic E-state index is 0.229. The Balaban J connectivity index is 1.36. The summed E-state index contributed by atoms with van der Waals surface area (Å²) in [7, 11) is 0. The second-order valence-electron chi connectivity index (χ2n) is 7.96. The summed E-state index contributed by atoms with van der Waals surface area (Å²) >= 11 is 0. The third kappa shape index (κ3) is 3.35. The summed E-state index contributed by atoms with van der Waals surface area (Å²) in [6.45, 7) is 2.40. The summed E-state index contributed by atoms with van der Waals surface area (Å²) in [5, 5.41) is 0. The average molecular weight is 386 g/mol. The molecule has 0 saturated heterocycles. The van der Waals surface area contributed by atoms with Crippen LogP contribution in [-0.2, 0) is 13.1 Å². The van der Waals surface area contributed by atoms with Crippen molar-refractivity contribution < 1.29 is 18.3 Å². The van der Waals surface area contributed by atoms with Crippen LogP contribution in [0.4, 0.5) is 8.78 Å². The van der Waals surface area contributed by atoms with Crippen molar-refractivity contribution in [2.24, 2.45) is 0 Å². The van der Waals surface area contributed by atoms with E-state index in [1.54, 1.807) is 24.3 Å². The van der Waals surface area contributed by atoms with Crippen LogP contribution < -0.4 is 9.47 Å². The van der Waals surface area contributed by atoms with Gasteiger partial charge in [0, 0.05) is 36.3 Å². The zero-order valence-electron chi connectivity index (χ0n) is 15.7. The highest BCUT2D eigenvalue weighted by molar-refractivity contribution is 5.36. The standard InChI is InChI=1S/C22H24F2N2O2/c23-17-5-7-21-15(9-17)11-25(13-27-21)19-3-1-2-4-20(19)26-12-16-10-18(24)6-8-22(16)28-14-26/h5-10,19-20H,1-4,11-14H2. The minimum atomic E-state index is -0.229. The van der Waals surface area contributed by atoms with Crippen LogP contribution in [0.5, 0.6) is 11.5 Å². The number of hydrogen-bond donors (Lipinski definition) is 0. The smallest absolute Gasteiger partial charge is 0.142 e. The molecule has 3 aliphatic rings.